The van der Waals surface area contributed by atoms with Gasteiger partial charge < -0.3 is 24.8 Å². The Morgan fingerprint density at radius 1 is 1.21 bits per heavy atom. The summed E-state index contributed by atoms with van der Waals surface area (Å²) in [4.78, 5) is 25.0. The fourth-order valence-corrected chi connectivity index (χ4v) is 3.89. The van der Waals surface area contributed by atoms with E-state index in [1.54, 1.807) is 19.1 Å². The Hall–Kier alpha value is -3.00. The highest BCUT2D eigenvalue weighted by atomic mass is 79.9. The van der Waals surface area contributed by atoms with Gasteiger partial charge in [0.25, 0.3) is 0 Å². The van der Waals surface area contributed by atoms with Crippen molar-refractivity contribution in [2.24, 2.45) is 0 Å². The molecule has 29 heavy (non-hydrogen) atoms. The summed E-state index contributed by atoms with van der Waals surface area (Å²) in [6.45, 7) is 2.05. The number of nitrogens with one attached hydrogen (secondary N) is 2. The Morgan fingerprint density at radius 3 is 2.69 bits per heavy atom. The van der Waals surface area contributed by atoms with Gasteiger partial charge in [0.2, 0.25) is 6.79 Å². The number of hydrogen-bond acceptors (Lipinski definition) is 5. The minimum absolute atomic E-state index is 0.132. The maximum atomic E-state index is 12.9. The number of allylic oxidation sites excluding steroid dienone is 1. The summed E-state index contributed by atoms with van der Waals surface area (Å²) in [7, 11) is 0. The Kier molecular flexibility index (Phi) is 5.44. The summed E-state index contributed by atoms with van der Waals surface area (Å²) in [5.41, 5.74) is 2.56. The van der Waals surface area contributed by atoms with E-state index in [4.69, 9.17) is 14.2 Å². The first-order chi connectivity index (χ1) is 14.0. The van der Waals surface area contributed by atoms with E-state index in [-0.39, 0.29) is 13.4 Å². The highest BCUT2D eigenvalue weighted by Gasteiger charge is 2.34. The van der Waals surface area contributed by atoms with Crippen LogP contribution < -0.4 is 20.1 Å². The number of amides is 2. The van der Waals surface area contributed by atoms with Crippen molar-refractivity contribution in [3.8, 4) is 11.5 Å². The minimum atomic E-state index is -0.683. The standard InChI is InChI=1S/C21H19BrN2O5/c1-12-18(20(25)27-8-7-13-5-3-2-4-6-13)19(24-21(26)23-12)14-9-16-17(10-15(14)22)29-11-28-16/h2-6,9-10,19H,7-8,11H2,1H3,(H2,23,24,26)/t19-/m0/s1. The summed E-state index contributed by atoms with van der Waals surface area (Å²) >= 11 is 3.50. The molecule has 0 spiro atoms. The third-order valence-electron chi connectivity index (χ3n) is 4.76. The molecule has 7 nitrogen and oxygen atoms in total. The topological polar surface area (TPSA) is 85.9 Å². The molecular formula is C21H19BrN2O5. The van der Waals surface area contributed by atoms with Crippen molar-refractivity contribution < 1.29 is 23.8 Å². The van der Waals surface area contributed by atoms with Gasteiger partial charge in [0.05, 0.1) is 18.2 Å². The van der Waals surface area contributed by atoms with Gasteiger partial charge in [-0.15, -0.1) is 0 Å². The average molecular weight is 459 g/mol. The lowest BCUT2D eigenvalue weighted by atomic mass is 9.95. The van der Waals surface area contributed by atoms with E-state index in [0.29, 0.717) is 39.2 Å². The monoisotopic (exact) mass is 458 g/mol. The highest BCUT2D eigenvalue weighted by Crippen LogP contribution is 2.41. The van der Waals surface area contributed by atoms with Crippen molar-refractivity contribution in [2.45, 2.75) is 19.4 Å². The van der Waals surface area contributed by atoms with Crippen molar-refractivity contribution in [1.29, 1.82) is 0 Å². The minimum Gasteiger partial charge on any atom is -0.462 e. The van der Waals surface area contributed by atoms with Gasteiger partial charge in [0.1, 0.15) is 0 Å². The molecule has 2 aromatic carbocycles. The Morgan fingerprint density at radius 2 is 1.93 bits per heavy atom. The molecule has 150 valence electrons. The zero-order chi connectivity index (χ0) is 20.4. The van der Waals surface area contributed by atoms with E-state index in [1.807, 2.05) is 30.3 Å². The summed E-state index contributed by atoms with van der Waals surface area (Å²) in [5.74, 6) is 0.680. The lowest BCUT2D eigenvalue weighted by Gasteiger charge is -2.29. The molecule has 0 fully saturated rings. The van der Waals surface area contributed by atoms with E-state index in [2.05, 4.69) is 26.6 Å². The Bertz CT molecular complexity index is 990. The van der Waals surface area contributed by atoms with Gasteiger partial charge in [-0.05, 0) is 30.2 Å². The van der Waals surface area contributed by atoms with Crippen molar-refractivity contribution in [3.05, 3.63) is 69.3 Å². The summed E-state index contributed by atoms with van der Waals surface area (Å²) in [6.07, 6.45) is 0.608. The van der Waals surface area contributed by atoms with Crippen LogP contribution in [0.3, 0.4) is 0 Å². The van der Waals surface area contributed by atoms with E-state index in [9.17, 15) is 9.59 Å². The van der Waals surface area contributed by atoms with E-state index < -0.39 is 18.0 Å². The number of esters is 1. The van der Waals surface area contributed by atoms with Gasteiger partial charge >= 0.3 is 12.0 Å². The Labute approximate surface area is 176 Å². The zero-order valence-electron chi connectivity index (χ0n) is 15.7. The first-order valence-electron chi connectivity index (χ1n) is 9.11. The maximum Gasteiger partial charge on any atom is 0.338 e. The molecule has 0 aromatic heterocycles. The van der Waals surface area contributed by atoms with Gasteiger partial charge in [-0.2, -0.15) is 0 Å². The third kappa shape index (κ3) is 4.07. The molecule has 2 aliphatic heterocycles. The van der Waals surface area contributed by atoms with E-state index in [0.717, 1.165) is 5.56 Å². The first kappa shape index (κ1) is 19.3. The maximum absolute atomic E-state index is 12.9. The fourth-order valence-electron chi connectivity index (χ4n) is 3.34. The predicted octanol–water partition coefficient (Wildman–Crippen LogP) is 3.59. The number of carbonyl (C=O) groups excluding carboxylic acids is 2. The highest BCUT2D eigenvalue weighted by molar-refractivity contribution is 9.10. The van der Waals surface area contributed by atoms with Crippen molar-refractivity contribution in [2.75, 3.05) is 13.4 Å². The molecule has 0 saturated carbocycles. The predicted molar refractivity (Wildman–Crippen MR) is 108 cm³/mol. The molecule has 1 atom stereocenters. The second kappa shape index (κ2) is 8.16. The summed E-state index contributed by atoms with van der Waals surface area (Å²) in [5, 5.41) is 5.45. The van der Waals surface area contributed by atoms with Crippen LogP contribution in [0.5, 0.6) is 11.5 Å². The lowest BCUT2D eigenvalue weighted by Crippen LogP contribution is -2.45. The van der Waals surface area contributed by atoms with Crippen molar-refractivity contribution >= 4 is 27.9 Å². The fraction of sp³-hybridized carbons (Fsp3) is 0.238. The molecule has 0 bridgehead atoms. The number of benzene rings is 2. The number of carbonyl (C=O) groups is 2. The molecular weight excluding hydrogens is 440 g/mol. The van der Waals surface area contributed by atoms with Crippen molar-refractivity contribution in [3.63, 3.8) is 0 Å². The van der Waals surface area contributed by atoms with Crippen LogP contribution in [0.1, 0.15) is 24.1 Å². The molecule has 0 aliphatic carbocycles. The molecule has 2 aliphatic rings. The number of ether oxygens (including phenoxy) is 3. The molecule has 0 radical (unpaired) electrons. The molecule has 0 unspecified atom stereocenters. The second-order valence-corrected chi connectivity index (χ2v) is 7.52. The van der Waals surface area contributed by atoms with Crippen LogP contribution in [0.4, 0.5) is 4.79 Å². The molecule has 0 saturated heterocycles. The van der Waals surface area contributed by atoms with E-state index in [1.165, 1.54) is 0 Å². The van der Waals surface area contributed by atoms with Crippen molar-refractivity contribution in [1.82, 2.24) is 10.6 Å². The van der Waals surface area contributed by atoms with Crippen LogP contribution in [-0.4, -0.2) is 25.4 Å². The summed E-state index contributed by atoms with van der Waals surface area (Å²) in [6, 6.07) is 12.2. The van der Waals surface area contributed by atoms with Gasteiger partial charge in [0.15, 0.2) is 11.5 Å². The smallest absolute Gasteiger partial charge is 0.338 e. The number of urea groups is 1. The van der Waals surface area contributed by atoms with Gasteiger partial charge in [-0.1, -0.05) is 46.3 Å². The lowest BCUT2D eigenvalue weighted by molar-refractivity contribution is -0.139. The average Bonchev–Trinajstić information content (AvgIpc) is 3.14. The number of halogens is 1. The second-order valence-electron chi connectivity index (χ2n) is 6.67. The van der Waals surface area contributed by atoms with Crippen LogP contribution >= 0.6 is 15.9 Å². The van der Waals surface area contributed by atoms with Gasteiger partial charge in [0, 0.05) is 16.6 Å². The van der Waals surface area contributed by atoms with Crippen LogP contribution in [-0.2, 0) is 16.0 Å². The quantitative estimate of drug-likeness (QED) is 0.668. The third-order valence-corrected chi connectivity index (χ3v) is 5.45. The van der Waals surface area contributed by atoms with Crippen LogP contribution in [0.25, 0.3) is 0 Å². The summed E-state index contributed by atoms with van der Waals surface area (Å²) < 4.78 is 17.0. The molecule has 2 aromatic rings. The zero-order valence-corrected chi connectivity index (χ0v) is 17.2. The van der Waals surface area contributed by atoms with E-state index >= 15 is 0 Å². The first-order valence-corrected chi connectivity index (χ1v) is 9.90. The van der Waals surface area contributed by atoms with Crippen LogP contribution in [0.15, 0.2) is 58.2 Å². The SMILES string of the molecule is CC1=C(C(=O)OCCc2ccccc2)[C@H](c2cc3c(cc2Br)OCO3)NC(=O)N1. The number of hydrogen-bond donors (Lipinski definition) is 2. The Balaban J connectivity index is 1.57. The molecule has 2 amide bonds. The molecule has 2 N–H and O–H groups in total. The normalized spacial score (nSPS) is 17.6. The van der Waals surface area contributed by atoms with Gasteiger partial charge in [-0.25, -0.2) is 9.59 Å². The van der Waals surface area contributed by atoms with Crippen LogP contribution in [0.2, 0.25) is 0 Å². The molecule has 2 heterocycles. The number of rotatable bonds is 5. The molecule has 4 rings (SSSR count). The largest absolute Gasteiger partial charge is 0.462 e. The van der Waals surface area contributed by atoms with Crippen LogP contribution in [0, 0.1) is 0 Å². The molecule has 8 heteroatoms. The van der Waals surface area contributed by atoms with Gasteiger partial charge in [-0.3, -0.25) is 0 Å². The number of fused-ring (bicyclic) bond motifs is 1.